The topological polar surface area (TPSA) is 41.6 Å². The molecule has 19 heavy (non-hydrogen) atoms. The van der Waals surface area contributed by atoms with Crippen LogP contribution in [0.15, 0.2) is 29.3 Å². The number of aliphatic imine (C=N–C) groups is 1. The monoisotopic (exact) mass is 271 g/mol. The first-order chi connectivity index (χ1) is 8.88. The highest BCUT2D eigenvalue weighted by Crippen LogP contribution is 2.29. The number of hydrogen-bond acceptors (Lipinski definition) is 1. The Balaban J connectivity index is 1.97. The van der Waals surface area contributed by atoms with Gasteiger partial charge in [0, 0.05) is 13.1 Å². The van der Waals surface area contributed by atoms with Gasteiger partial charge in [-0.25, -0.2) is 4.99 Å². The summed E-state index contributed by atoms with van der Waals surface area (Å²) in [5.41, 5.74) is 5.86. The molecule has 1 saturated carbocycles. The Bertz CT molecular complexity index is 461. The van der Waals surface area contributed by atoms with E-state index in [-0.39, 0.29) is 0 Å². The molecule has 0 spiro atoms. The second kappa shape index (κ2) is 5.11. The fourth-order valence-corrected chi connectivity index (χ4v) is 1.73. The van der Waals surface area contributed by atoms with Crippen LogP contribution in [0.4, 0.5) is 13.2 Å². The summed E-state index contributed by atoms with van der Waals surface area (Å²) in [5, 5.41) is 0. The van der Waals surface area contributed by atoms with Gasteiger partial charge in [-0.15, -0.1) is 0 Å². The maximum Gasteiger partial charge on any atom is 0.416 e. The van der Waals surface area contributed by atoms with Gasteiger partial charge in [0.15, 0.2) is 5.96 Å². The van der Waals surface area contributed by atoms with Crippen LogP contribution in [-0.4, -0.2) is 23.9 Å². The Kier molecular flexibility index (Phi) is 3.68. The van der Waals surface area contributed by atoms with Crippen LogP contribution in [0.25, 0.3) is 0 Å². The summed E-state index contributed by atoms with van der Waals surface area (Å²) < 4.78 is 37.1. The van der Waals surface area contributed by atoms with Crippen molar-refractivity contribution in [3.05, 3.63) is 35.4 Å². The Labute approximate surface area is 109 Å². The molecule has 1 fully saturated rings. The Morgan fingerprint density at radius 1 is 1.32 bits per heavy atom. The van der Waals surface area contributed by atoms with E-state index in [1.165, 1.54) is 12.1 Å². The van der Waals surface area contributed by atoms with Crippen LogP contribution < -0.4 is 5.73 Å². The van der Waals surface area contributed by atoms with Crippen LogP contribution in [0.5, 0.6) is 0 Å². The molecule has 0 atom stereocenters. The molecule has 0 amide bonds. The summed E-state index contributed by atoms with van der Waals surface area (Å²) in [4.78, 5) is 6.09. The molecule has 0 heterocycles. The van der Waals surface area contributed by atoms with Crippen molar-refractivity contribution in [2.24, 2.45) is 10.7 Å². The Hall–Kier alpha value is -1.72. The van der Waals surface area contributed by atoms with Gasteiger partial charge in [-0.1, -0.05) is 12.1 Å². The number of guanidine groups is 1. The van der Waals surface area contributed by atoms with Gasteiger partial charge < -0.3 is 10.6 Å². The molecule has 1 aromatic rings. The smallest absolute Gasteiger partial charge is 0.370 e. The lowest BCUT2D eigenvalue weighted by molar-refractivity contribution is -0.137. The number of benzene rings is 1. The second-order valence-corrected chi connectivity index (χ2v) is 4.71. The molecule has 0 unspecified atom stereocenters. The number of nitrogens with two attached hydrogens (primary N) is 1. The first-order valence-corrected chi connectivity index (χ1v) is 6.07. The van der Waals surface area contributed by atoms with Crippen molar-refractivity contribution in [1.29, 1.82) is 0 Å². The van der Waals surface area contributed by atoms with Crippen LogP contribution >= 0.6 is 0 Å². The fraction of sp³-hybridized carbons (Fsp3) is 0.462. The molecule has 0 radical (unpaired) electrons. The highest BCUT2D eigenvalue weighted by molar-refractivity contribution is 5.78. The van der Waals surface area contributed by atoms with Gasteiger partial charge in [0.25, 0.3) is 0 Å². The number of rotatable bonds is 3. The third-order valence-corrected chi connectivity index (χ3v) is 3.16. The van der Waals surface area contributed by atoms with Crippen molar-refractivity contribution in [2.45, 2.75) is 31.6 Å². The number of nitrogens with zero attached hydrogens (tertiary/aromatic N) is 2. The molecule has 2 N–H and O–H groups in total. The Morgan fingerprint density at radius 2 is 1.89 bits per heavy atom. The van der Waals surface area contributed by atoms with E-state index in [1.54, 1.807) is 0 Å². The average Bonchev–Trinajstić information content (AvgIpc) is 3.18. The normalized spacial score (nSPS) is 16.5. The summed E-state index contributed by atoms with van der Waals surface area (Å²) >= 11 is 0. The van der Waals surface area contributed by atoms with Crippen LogP contribution in [-0.2, 0) is 12.7 Å². The van der Waals surface area contributed by atoms with Crippen molar-refractivity contribution in [2.75, 3.05) is 7.05 Å². The minimum absolute atomic E-state index is 0.293. The van der Waals surface area contributed by atoms with Gasteiger partial charge >= 0.3 is 6.18 Å². The molecule has 0 aliphatic heterocycles. The molecular weight excluding hydrogens is 255 g/mol. The van der Waals surface area contributed by atoms with E-state index >= 15 is 0 Å². The fourth-order valence-electron chi connectivity index (χ4n) is 1.73. The predicted molar refractivity (Wildman–Crippen MR) is 67.6 cm³/mol. The lowest BCUT2D eigenvalue weighted by atomic mass is 10.1. The standard InChI is InChI=1S/C13H16F3N3/c1-19(11-6-7-11)12(17)18-8-9-2-4-10(5-3-9)13(14,15)16/h2-5,11H,6-8H2,1H3,(H2,17,18). The molecule has 0 aromatic heterocycles. The maximum atomic E-state index is 12.4. The molecular formula is C13H16F3N3. The summed E-state index contributed by atoms with van der Waals surface area (Å²) in [6.07, 6.45) is -2.06. The van der Waals surface area contributed by atoms with Crippen LogP contribution in [0.2, 0.25) is 0 Å². The van der Waals surface area contributed by atoms with Crippen molar-refractivity contribution in [3.8, 4) is 0 Å². The third-order valence-electron chi connectivity index (χ3n) is 3.16. The van der Waals surface area contributed by atoms with Gasteiger partial charge in [-0.3, -0.25) is 0 Å². The van der Waals surface area contributed by atoms with Gasteiger partial charge in [0.2, 0.25) is 0 Å². The van der Waals surface area contributed by atoms with Gasteiger partial charge in [-0.2, -0.15) is 13.2 Å². The van der Waals surface area contributed by atoms with Crippen molar-refractivity contribution in [1.82, 2.24) is 4.90 Å². The SMILES string of the molecule is CN(C(N)=NCc1ccc(C(F)(F)F)cc1)C1CC1. The zero-order valence-corrected chi connectivity index (χ0v) is 10.6. The van der Waals surface area contributed by atoms with Crippen LogP contribution in [0.3, 0.4) is 0 Å². The number of hydrogen-bond donors (Lipinski definition) is 1. The highest BCUT2D eigenvalue weighted by Gasteiger charge is 2.30. The van der Waals surface area contributed by atoms with E-state index in [0.717, 1.165) is 25.0 Å². The Morgan fingerprint density at radius 3 is 2.37 bits per heavy atom. The predicted octanol–water partition coefficient (Wildman–Crippen LogP) is 2.61. The van der Waals surface area contributed by atoms with E-state index in [1.807, 2.05) is 11.9 Å². The average molecular weight is 271 g/mol. The minimum Gasteiger partial charge on any atom is -0.370 e. The molecule has 1 aliphatic carbocycles. The number of alkyl halides is 3. The summed E-state index contributed by atoms with van der Waals surface area (Å²) in [6, 6.07) is 5.45. The molecule has 3 nitrogen and oxygen atoms in total. The lowest BCUT2D eigenvalue weighted by Crippen LogP contribution is -2.35. The van der Waals surface area contributed by atoms with Crippen molar-refractivity contribution >= 4 is 5.96 Å². The van der Waals surface area contributed by atoms with E-state index < -0.39 is 11.7 Å². The van der Waals surface area contributed by atoms with Gasteiger partial charge in [0.1, 0.15) is 0 Å². The molecule has 2 rings (SSSR count). The molecule has 0 saturated heterocycles. The minimum atomic E-state index is -4.30. The maximum absolute atomic E-state index is 12.4. The second-order valence-electron chi connectivity index (χ2n) is 4.71. The van der Waals surface area contributed by atoms with Gasteiger partial charge in [0.05, 0.1) is 12.1 Å². The quantitative estimate of drug-likeness (QED) is 0.678. The molecule has 1 aliphatic rings. The highest BCUT2D eigenvalue weighted by atomic mass is 19.4. The summed E-state index contributed by atoms with van der Waals surface area (Å²) in [6.45, 7) is 0.293. The first-order valence-electron chi connectivity index (χ1n) is 6.07. The molecule has 1 aromatic carbocycles. The number of halogens is 3. The van der Waals surface area contributed by atoms with Crippen molar-refractivity contribution < 1.29 is 13.2 Å². The first kappa shape index (κ1) is 13.7. The van der Waals surface area contributed by atoms with Gasteiger partial charge in [-0.05, 0) is 30.5 Å². The van der Waals surface area contributed by atoms with Crippen molar-refractivity contribution in [3.63, 3.8) is 0 Å². The van der Waals surface area contributed by atoms with Crippen LogP contribution in [0, 0.1) is 0 Å². The lowest BCUT2D eigenvalue weighted by Gasteiger charge is -2.16. The summed E-state index contributed by atoms with van der Waals surface area (Å²) in [5.74, 6) is 0.433. The van der Waals surface area contributed by atoms with E-state index in [9.17, 15) is 13.2 Å². The van der Waals surface area contributed by atoms with E-state index in [0.29, 0.717) is 24.1 Å². The zero-order valence-electron chi connectivity index (χ0n) is 10.6. The molecule has 0 bridgehead atoms. The van der Waals surface area contributed by atoms with Crippen LogP contribution in [0.1, 0.15) is 24.0 Å². The molecule has 6 heteroatoms. The summed E-state index contributed by atoms with van der Waals surface area (Å²) in [7, 11) is 1.88. The zero-order chi connectivity index (χ0) is 14.0. The van der Waals surface area contributed by atoms with E-state index in [2.05, 4.69) is 4.99 Å². The third kappa shape index (κ3) is 3.62. The largest absolute Gasteiger partial charge is 0.416 e. The molecule has 104 valence electrons. The van der Waals surface area contributed by atoms with E-state index in [4.69, 9.17) is 5.73 Å².